The van der Waals surface area contributed by atoms with E-state index in [1.165, 1.54) is 19.2 Å². The maximum absolute atomic E-state index is 14.1. The molecule has 1 unspecified atom stereocenters. The summed E-state index contributed by atoms with van der Waals surface area (Å²) in [7, 11) is 1.34. The van der Waals surface area contributed by atoms with Gasteiger partial charge in [0.1, 0.15) is 17.2 Å². The molecular formula is C24H13ClF5N3O4. The Bertz CT molecular complexity index is 1690. The number of anilines is 1. The van der Waals surface area contributed by atoms with E-state index < -0.39 is 52.5 Å². The van der Waals surface area contributed by atoms with Crippen LogP contribution >= 0.6 is 11.6 Å². The van der Waals surface area contributed by atoms with Crippen LogP contribution in [0.2, 0.25) is 5.02 Å². The van der Waals surface area contributed by atoms with Crippen LogP contribution in [0, 0.1) is 11.6 Å². The summed E-state index contributed by atoms with van der Waals surface area (Å²) < 4.78 is 73.6. The minimum Gasteiger partial charge on any atom is -0.408 e. The number of hydrogen-bond donors (Lipinski definition) is 2. The maximum Gasteiger partial charge on any atom is 0.419 e. The first-order chi connectivity index (χ1) is 17.3. The van der Waals surface area contributed by atoms with Crippen molar-refractivity contribution in [3.8, 4) is 0 Å². The lowest BCUT2D eigenvalue weighted by Gasteiger charge is -2.18. The normalized spacial score (nSPS) is 15.1. The summed E-state index contributed by atoms with van der Waals surface area (Å²) in [6, 6.07) is 4.80. The van der Waals surface area contributed by atoms with Crippen LogP contribution in [0.4, 0.5) is 27.6 Å². The Labute approximate surface area is 208 Å². The molecule has 1 aliphatic rings. The number of aromatic nitrogens is 1. The number of benzene rings is 3. The Morgan fingerprint density at radius 3 is 2.51 bits per heavy atom. The van der Waals surface area contributed by atoms with Crippen molar-refractivity contribution in [3.63, 3.8) is 0 Å². The molecule has 5 rings (SSSR count). The summed E-state index contributed by atoms with van der Waals surface area (Å²) in [5.74, 6) is -4.66. The molecule has 4 aromatic rings. The number of nitrogens with one attached hydrogen (secondary N) is 2. The highest BCUT2D eigenvalue weighted by Crippen LogP contribution is 2.42. The first-order valence-electron chi connectivity index (χ1n) is 10.5. The van der Waals surface area contributed by atoms with Crippen LogP contribution in [0.5, 0.6) is 0 Å². The molecule has 190 valence electrons. The number of hydrogen-bond acceptors (Lipinski definition) is 4. The SMILES string of the molecule is Cn1c(=O)oc2cc(NC(=O)c3cc(F)cc(C(F)(F)F)c3)c3c(c21)C(=O)NC3c1cc(F)ccc1Cl. The van der Waals surface area contributed by atoms with Crippen LogP contribution in [-0.2, 0) is 13.2 Å². The van der Waals surface area contributed by atoms with Gasteiger partial charge in [0, 0.05) is 34.8 Å². The van der Waals surface area contributed by atoms with E-state index in [0.717, 1.165) is 16.7 Å². The maximum atomic E-state index is 14.1. The Kier molecular flexibility index (Phi) is 5.59. The van der Waals surface area contributed by atoms with Gasteiger partial charge in [-0.1, -0.05) is 11.6 Å². The van der Waals surface area contributed by atoms with Gasteiger partial charge in [0.15, 0.2) is 5.58 Å². The molecule has 0 bridgehead atoms. The number of nitrogens with zero attached hydrogens (tertiary/aromatic N) is 1. The molecule has 2 amide bonds. The molecule has 0 saturated carbocycles. The molecule has 3 aromatic carbocycles. The number of amides is 2. The zero-order chi connectivity index (χ0) is 26.8. The van der Waals surface area contributed by atoms with E-state index in [0.29, 0.717) is 12.1 Å². The lowest BCUT2D eigenvalue weighted by molar-refractivity contribution is -0.137. The average Bonchev–Trinajstić information content (AvgIpc) is 3.30. The highest BCUT2D eigenvalue weighted by molar-refractivity contribution is 6.31. The number of aryl methyl sites for hydroxylation is 1. The highest BCUT2D eigenvalue weighted by atomic mass is 35.5. The Morgan fingerprint density at radius 2 is 1.81 bits per heavy atom. The predicted octanol–water partition coefficient (Wildman–Crippen LogP) is 5.17. The Hall–Kier alpha value is -4.19. The average molecular weight is 538 g/mol. The van der Waals surface area contributed by atoms with E-state index in [-0.39, 0.29) is 44.6 Å². The van der Waals surface area contributed by atoms with Crippen LogP contribution in [0.25, 0.3) is 11.1 Å². The van der Waals surface area contributed by atoms with Crippen molar-refractivity contribution in [2.24, 2.45) is 7.05 Å². The van der Waals surface area contributed by atoms with Gasteiger partial charge in [-0.15, -0.1) is 0 Å². The molecule has 0 aliphatic carbocycles. The molecule has 37 heavy (non-hydrogen) atoms. The quantitative estimate of drug-likeness (QED) is 0.353. The van der Waals surface area contributed by atoms with Crippen LogP contribution in [0.1, 0.15) is 43.4 Å². The van der Waals surface area contributed by atoms with E-state index >= 15 is 0 Å². The van der Waals surface area contributed by atoms with Gasteiger partial charge >= 0.3 is 11.9 Å². The summed E-state index contributed by atoms with van der Waals surface area (Å²) in [5.41, 5.74) is -2.16. The fourth-order valence-corrected chi connectivity index (χ4v) is 4.51. The van der Waals surface area contributed by atoms with Gasteiger partial charge in [-0.25, -0.2) is 13.6 Å². The molecular weight excluding hydrogens is 525 g/mol. The van der Waals surface area contributed by atoms with Gasteiger partial charge < -0.3 is 15.1 Å². The molecule has 7 nitrogen and oxygen atoms in total. The second-order valence-corrected chi connectivity index (χ2v) is 8.65. The lowest BCUT2D eigenvalue weighted by Crippen LogP contribution is -2.21. The van der Waals surface area contributed by atoms with Crippen LogP contribution in [0.15, 0.2) is 51.7 Å². The van der Waals surface area contributed by atoms with Crippen LogP contribution in [0.3, 0.4) is 0 Å². The van der Waals surface area contributed by atoms with Gasteiger partial charge in [0.05, 0.1) is 22.9 Å². The van der Waals surface area contributed by atoms with E-state index in [4.69, 9.17) is 16.0 Å². The topological polar surface area (TPSA) is 93.3 Å². The van der Waals surface area contributed by atoms with Gasteiger partial charge in [-0.2, -0.15) is 13.2 Å². The van der Waals surface area contributed by atoms with Crippen molar-refractivity contribution < 1.29 is 36.0 Å². The minimum absolute atomic E-state index is 0.0576. The second kappa shape index (κ2) is 8.44. The number of carbonyl (C=O) groups is 2. The third-order valence-corrected chi connectivity index (χ3v) is 6.25. The molecule has 1 atom stereocenters. The zero-order valence-corrected chi connectivity index (χ0v) is 19.2. The summed E-state index contributed by atoms with van der Waals surface area (Å²) in [6.07, 6.45) is -4.92. The third-order valence-electron chi connectivity index (χ3n) is 5.91. The zero-order valence-electron chi connectivity index (χ0n) is 18.5. The van der Waals surface area contributed by atoms with E-state index in [9.17, 15) is 36.3 Å². The van der Waals surface area contributed by atoms with Gasteiger partial charge in [-0.3, -0.25) is 14.2 Å². The monoisotopic (exact) mass is 537 g/mol. The van der Waals surface area contributed by atoms with Crippen molar-refractivity contribution in [3.05, 3.63) is 97.5 Å². The molecule has 13 heteroatoms. The molecule has 2 heterocycles. The van der Waals surface area contributed by atoms with Crippen molar-refractivity contribution in [2.75, 3.05) is 5.32 Å². The minimum atomic E-state index is -4.92. The molecule has 0 saturated heterocycles. The first kappa shape index (κ1) is 24.5. The molecule has 0 spiro atoms. The number of halogens is 6. The van der Waals surface area contributed by atoms with Crippen LogP contribution in [-0.4, -0.2) is 16.4 Å². The van der Waals surface area contributed by atoms with Gasteiger partial charge in [-0.05, 0) is 36.4 Å². The number of rotatable bonds is 3. The largest absolute Gasteiger partial charge is 0.419 e. The molecule has 0 radical (unpaired) electrons. The van der Waals surface area contributed by atoms with Crippen molar-refractivity contribution in [1.82, 2.24) is 9.88 Å². The fourth-order valence-electron chi connectivity index (χ4n) is 4.28. The second-order valence-electron chi connectivity index (χ2n) is 8.24. The number of alkyl halides is 3. The molecule has 1 aliphatic heterocycles. The standard InChI is InChI=1S/C24H13ClF5N3O4/c1-33-20-16(37-23(33)36)8-15(31-21(34)9-4-10(24(28,29)30)6-12(27)5-9)17-18(20)22(35)32-19(17)13-7-11(26)2-3-14(13)25/h2-8,19H,1H3,(H,31,34)(H,32,35). The Balaban J connectivity index is 1.71. The smallest absolute Gasteiger partial charge is 0.408 e. The Morgan fingerprint density at radius 1 is 1.08 bits per heavy atom. The van der Waals surface area contributed by atoms with Gasteiger partial charge in [0.2, 0.25) is 0 Å². The summed E-state index contributed by atoms with van der Waals surface area (Å²) in [5, 5.41) is 5.05. The molecule has 2 N–H and O–H groups in total. The molecule has 0 fully saturated rings. The summed E-state index contributed by atoms with van der Waals surface area (Å²) >= 11 is 6.25. The lowest BCUT2D eigenvalue weighted by atomic mass is 9.95. The third kappa shape index (κ3) is 4.12. The van der Waals surface area contributed by atoms with Crippen molar-refractivity contribution in [2.45, 2.75) is 12.2 Å². The van der Waals surface area contributed by atoms with E-state index in [2.05, 4.69) is 10.6 Å². The van der Waals surface area contributed by atoms with Crippen molar-refractivity contribution >= 4 is 40.2 Å². The summed E-state index contributed by atoms with van der Waals surface area (Å²) in [4.78, 5) is 38.2. The molecule has 1 aromatic heterocycles. The summed E-state index contributed by atoms with van der Waals surface area (Å²) in [6.45, 7) is 0. The highest BCUT2D eigenvalue weighted by Gasteiger charge is 2.38. The first-order valence-corrected chi connectivity index (χ1v) is 10.8. The number of fused-ring (bicyclic) bond motifs is 3. The fraction of sp³-hybridized carbons (Fsp3) is 0.125. The number of oxazole rings is 1. The van der Waals surface area contributed by atoms with E-state index in [1.54, 1.807) is 0 Å². The number of carbonyl (C=O) groups excluding carboxylic acids is 2. The predicted molar refractivity (Wildman–Crippen MR) is 122 cm³/mol. The van der Waals surface area contributed by atoms with E-state index in [1.807, 2.05) is 0 Å². The van der Waals surface area contributed by atoms with Crippen molar-refractivity contribution in [1.29, 1.82) is 0 Å². The van der Waals surface area contributed by atoms with Gasteiger partial charge in [0.25, 0.3) is 11.8 Å². The van der Waals surface area contributed by atoms with Crippen LogP contribution < -0.4 is 16.4 Å².